The Morgan fingerprint density at radius 1 is 1.20 bits per heavy atom. The van der Waals surface area contributed by atoms with Gasteiger partial charge in [-0.15, -0.1) is 0 Å². The predicted octanol–water partition coefficient (Wildman–Crippen LogP) is 2.80. The van der Waals surface area contributed by atoms with E-state index >= 15 is 0 Å². The van der Waals surface area contributed by atoms with E-state index in [1.165, 1.54) is 0 Å². The Morgan fingerprint density at radius 2 is 1.90 bits per heavy atom. The first-order valence-corrected chi connectivity index (χ1v) is 7.35. The molecular formula is C16H20N2O2. The van der Waals surface area contributed by atoms with E-state index in [2.05, 4.69) is 12.2 Å². The molecule has 0 spiro atoms. The van der Waals surface area contributed by atoms with Crippen molar-refractivity contribution in [2.75, 3.05) is 16.8 Å². The minimum atomic E-state index is -0.110. The summed E-state index contributed by atoms with van der Waals surface area (Å²) in [6, 6.07) is 7.52. The van der Waals surface area contributed by atoms with Gasteiger partial charge >= 0.3 is 0 Å². The van der Waals surface area contributed by atoms with Gasteiger partial charge in [0.25, 0.3) is 0 Å². The fraction of sp³-hybridized carbons (Fsp3) is 0.500. The van der Waals surface area contributed by atoms with E-state index in [1.54, 1.807) is 4.90 Å². The molecule has 0 aromatic heterocycles. The van der Waals surface area contributed by atoms with Crippen molar-refractivity contribution >= 4 is 23.2 Å². The summed E-state index contributed by atoms with van der Waals surface area (Å²) >= 11 is 0. The molecule has 1 N–H and O–H groups in total. The normalized spacial score (nSPS) is 25.9. The van der Waals surface area contributed by atoms with Crippen molar-refractivity contribution in [2.24, 2.45) is 11.8 Å². The molecule has 1 aromatic carbocycles. The van der Waals surface area contributed by atoms with E-state index in [9.17, 15) is 9.59 Å². The number of rotatable bonds is 1. The smallest absolute Gasteiger partial charge is 0.244 e. The zero-order valence-corrected chi connectivity index (χ0v) is 11.8. The van der Waals surface area contributed by atoms with E-state index in [0.29, 0.717) is 0 Å². The standard InChI is InChI=1S/C16H20N2O2/c1-11-6-8-12(9-7-11)16(20)18-10-15(19)17-13-4-2-3-5-14(13)18/h2-5,11-12H,6-10H2,1H3,(H,17,19). The molecule has 2 amide bonds. The van der Waals surface area contributed by atoms with Crippen LogP contribution in [0.15, 0.2) is 24.3 Å². The third-order valence-corrected chi connectivity index (χ3v) is 4.40. The lowest BCUT2D eigenvalue weighted by molar-refractivity contribution is -0.125. The maximum absolute atomic E-state index is 12.7. The largest absolute Gasteiger partial charge is 0.323 e. The van der Waals surface area contributed by atoms with Gasteiger partial charge in [0.05, 0.1) is 11.4 Å². The van der Waals surface area contributed by atoms with Crippen LogP contribution in [0.4, 0.5) is 11.4 Å². The second kappa shape index (κ2) is 5.27. The highest BCUT2D eigenvalue weighted by atomic mass is 16.2. The van der Waals surface area contributed by atoms with Gasteiger partial charge in [-0.1, -0.05) is 19.1 Å². The summed E-state index contributed by atoms with van der Waals surface area (Å²) in [7, 11) is 0. The molecule has 4 heteroatoms. The molecule has 0 saturated heterocycles. The minimum absolute atomic E-state index is 0.0742. The van der Waals surface area contributed by atoms with Gasteiger partial charge in [0, 0.05) is 5.92 Å². The summed E-state index contributed by atoms with van der Waals surface area (Å²) in [6.45, 7) is 2.38. The van der Waals surface area contributed by atoms with Crippen LogP contribution in [0.1, 0.15) is 32.6 Å². The number of hydrogen-bond acceptors (Lipinski definition) is 2. The number of hydrogen-bond donors (Lipinski definition) is 1. The van der Waals surface area contributed by atoms with Crippen LogP contribution in [-0.4, -0.2) is 18.4 Å². The van der Waals surface area contributed by atoms with Gasteiger partial charge in [0.15, 0.2) is 0 Å². The van der Waals surface area contributed by atoms with Crippen LogP contribution < -0.4 is 10.2 Å². The average Bonchev–Trinajstić information content (AvgIpc) is 2.46. The molecule has 0 unspecified atom stereocenters. The molecule has 0 radical (unpaired) electrons. The molecular weight excluding hydrogens is 252 g/mol. The minimum Gasteiger partial charge on any atom is -0.323 e. The predicted molar refractivity (Wildman–Crippen MR) is 78.5 cm³/mol. The van der Waals surface area contributed by atoms with Crippen molar-refractivity contribution in [3.8, 4) is 0 Å². The summed E-state index contributed by atoms with van der Waals surface area (Å²) < 4.78 is 0. The van der Waals surface area contributed by atoms with E-state index in [0.717, 1.165) is 43.0 Å². The number of fused-ring (bicyclic) bond motifs is 1. The Hall–Kier alpha value is -1.84. The van der Waals surface area contributed by atoms with Crippen LogP contribution in [0.2, 0.25) is 0 Å². The van der Waals surface area contributed by atoms with E-state index in [-0.39, 0.29) is 24.3 Å². The molecule has 1 aliphatic carbocycles. The molecule has 1 fully saturated rings. The number of carbonyl (C=O) groups is 2. The van der Waals surface area contributed by atoms with Gasteiger partial charge in [0.2, 0.25) is 11.8 Å². The zero-order chi connectivity index (χ0) is 14.1. The van der Waals surface area contributed by atoms with Crippen molar-refractivity contribution in [2.45, 2.75) is 32.6 Å². The molecule has 0 bridgehead atoms. The van der Waals surface area contributed by atoms with Crippen molar-refractivity contribution < 1.29 is 9.59 Å². The van der Waals surface area contributed by atoms with Crippen LogP contribution in [0.5, 0.6) is 0 Å². The lowest BCUT2D eigenvalue weighted by Gasteiger charge is -2.34. The number of benzene rings is 1. The van der Waals surface area contributed by atoms with Gasteiger partial charge in [-0.25, -0.2) is 0 Å². The number of para-hydroxylation sites is 2. The molecule has 2 aliphatic rings. The summed E-state index contributed by atoms with van der Waals surface area (Å²) in [6.07, 6.45) is 4.11. The van der Waals surface area contributed by atoms with Gasteiger partial charge in [-0.05, 0) is 43.7 Å². The Labute approximate surface area is 119 Å². The molecule has 1 aromatic rings. The number of nitrogens with one attached hydrogen (secondary N) is 1. The van der Waals surface area contributed by atoms with Gasteiger partial charge in [0.1, 0.15) is 6.54 Å². The molecule has 1 saturated carbocycles. The number of amides is 2. The average molecular weight is 272 g/mol. The number of anilines is 2. The lowest BCUT2D eigenvalue weighted by atomic mass is 9.82. The van der Waals surface area contributed by atoms with Crippen LogP contribution in [0.25, 0.3) is 0 Å². The first kappa shape index (κ1) is 13.2. The van der Waals surface area contributed by atoms with E-state index in [4.69, 9.17) is 0 Å². The monoisotopic (exact) mass is 272 g/mol. The molecule has 1 aliphatic heterocycles. The molecule has 3 rings (SSSR count). The highest BCUT2D eigenvalue weighted by Gasteiger charge is 2.32. The van der Waals surface area contributed by atoms with E-state index < -0.39 is 0 Å². The first-order valence-electron chi connectivity index (χ1n) is 7.35. The van der Waals surface area contributed by atoms with Crippen molar-refractivity contribution in [1.29, 1.82) is 0 Å². The first-order chi connectivity index (χ1) is 9.65. The Morgan fingerprint density at radius 3 is 2.65 bits per heavy atom. The third-order valence-electron chi connectivity index (χ3n) is 4.40. The quantitative estimate of drug-likeness (QED) is 0.854. The Kier molecular flexibility index (Phi) is 3.47. The van der Waals surface area contributed by atoms with Crippen LogP contribution in [0, 0.1) is 11.8 Å². The summed E-state index contributed by atoms with van der Waals surface area (Å²) in [5.74, 6) is 0.793. The highest BCUT2D eigenvalue weighted by molar-refractivity contribution is 6.10. The topological polar surface area (TPSA) is 49.4 Å². The molecule has 0 atom stereocenters. The van der Waals surface area contributed by atoms with Crippen LogP contribution >= 0.6 is 0 Å². The second-order valence-corrected chi connectivity index (χ2v) is 5.95. The maximum Gasteiger partial charge on any atom is 0.244 e. The van der Waals surface area contributed by atoms with Gasteiger partial charge < -0.3 is 10.2 Å². The molecule has 20 heavy (non-hydrogen) atoms. The fourth-order valence-electron chi connectivity index (χ4n) is 3.16. The SMILES string of the molecule is CC1CCC(C(=O)N2CC(=O)Nc3ccccc32)CC1. The van der Waals surface area contributed by atoms with Crippen LogP contribution in [0.3, 0.4) is 0 Å². The van der Waals surface area contributed by atoms with E-state index in [1.807, 2.05) is 24.3 Å². The molecule has 4 nitrogen and oxygen atoms in total. The Balaban J connectivity index is 1.83. The molecule has 1 heterocycles. The van der Waals surface area contributed by atoms with Gasteiger partial charge in [-0.2, -0.15) is 0 Å². The highest BCUT2D eigenvalue weighted by Crippen LogP contribution is 2.34. The van der Waals surface area contributed by atoms with Gasteiger partial charge in [-0.3, -0.25) is 9.59 Å². The fourth-order valence-corrected chi connectivity index (χ4v) is 3.16. The Bertz CT molecular complexity index is 533. The molecule has 106 valence electrons. The summed E-state index contributed by atoms with van der Waals surface area (Å²) in [4.78, 5) is 26.1. The number of nitrogens with zero attached hydrogens (tertiary/aromatic N) is 1. The third kappa shape index (κ3) is 2.42. The summed E-state index contributed by atoms with van der Waals surface area (Å²) in [5, 5.41) is 2.82. The second-order valence-electron chi connectivity index (χ2n) is 5.95. The zero-order valence-electron chi connectivity index (χ0n) is 11.8. The van der Waals surface area contributed by atoms with Crippen LogP contribution in [-0.2, 0) is 9.59 Å². The van der Waals surface area contributed by atoms with Crippen molar-refractivity contribution in [3.63, 3.8) is 0 Å². The summed E-state index contributed by atoms with van der Waals surface area (Å²) in [5.41, 5.74) is 1.57. The number of carbonyl (C=O) groups excluding carboxylic acids is 2. The van der Waals surface area contributed by atoms with Crippen molar-refractivity contribution in [3.05, 3.63) is 24.3 Å². The van der Waals surface area contributed by atoms with Crippen molar-refractivity contribution in [1.82, 2.24) is 0 Å². The maximum atomic E-state index is 12.7. The lowest BCUT2D eigenvalue weighted by Crippen LogP contribution is -2.45.